The number of carbonyl (C=O) groups is 1. The van der Waals surface area contributed by atoms with Crippen molar-refractivity contribution in [2.24, 2.45) is 17.8 Å². The average Bonchev–Trinajstić information content (AvgIpc) is 3.27. The lowest BCUT2D eigenvalue weighted by Crippen LogP contribution is -2.37. The molecule has 6 heteroatoms. The zero-order valence-electron chi connectivity index (χ0n) is 21.5. The van der Waals surface area contributed by atoms with Crippen LogP contribution in [0.2, 0.25) is 0 Å². The molecule has 1 aliphatic rings. The van der Waals surface area contributed by atoms with Gasteiger partial charge < -0.3 is 14.9 Å². The van der Waals surface area contributed by atoms with Crippen LogP contribution in [0.4, 0.5) is 0 Å². The van der Waals surface area contributed by atoms with Gasteiger partial charge >= 0.3 is 5.97 Å². The van der Waals surface area contributed by atoms with E-state index in [1.54, 1.807) is 0 Å². The molecule has 1 aromatic heterocycles. The van der Waals surface area contributed by atoms with Crippen molar-refractivity contribution in [3.63, 3.8) is 0 Å². The van der Waals surface area contributed by atoms with Crippen molar-refractivity contribution in [1.82, 2.24) is 15.5 Å². The quantitative estimate of drug-likeness (QED) is 0.379. The predicted molar refractivity (Wildman–Crippen MR) is 138 cm³/mol. The number of nitrogens with one attached hydrogen (secondary N) is 1. The van der Waals surface area contributed by atoms with E-state index in [4.69, 9.17) is 9.63 Å². The third-order valence-corrected chi connectivity index (χ3v) is 5.90. The Labute approximate surface area is 204 Å². The number of hydrogen-bond donors (Lipinski definition) is 2. The van der Waals surface area contributed by atoms with Crippen molar-refractivity contribution in [3.8, 4) is 11.5 Å². The molecule has 0 radical (unpaired) electrons. The van der Waals surface area contributed by atoms with Crippen LogP contribution in [0.15, 0.2) is 52.6 Å². The number of carboxylic acids is 1. The molecule has 0 amide bonds. The lowest BCUT2D eigenvalue weighted by atomic mass is 9.75. The molecule has 1 heterocycles. The van der Waals surface area contributed by atoms with Crippen LogP contribution in [0.3, 0.4) is 0 Å². The Hall–Kier alpha value is -2.73. The second-order valence-electron chi connectivity index (χ2n) is 9.44. The van der Waals surface area contributed by atoms with E-state index in [0.717, 1.165) is 37.9 Å². The topological polar surface area (TPSA) is 88.3 Å². The van der Waals surface area contributed by atoms with E-state index >= 15 is 0 Å². The normalized spacial score (nSPS) is 19.0. The van der Waals surface area contributed by atoms with E-state index in [1.807, 2.05) is 39.0 Å². The van der Waals surface area contributed by atoms with Crippen LogP contribution in [0.25, 0.3) is 11.5 Å². The van der Waals surface area contributed by atoms with Gasteiger partial charge in [-0.2, -0.15) is 4.98 Å². The molecule has 3 rings (SSSR count). The number of hydrogen-bond acceptors (Lipinski definition) is 5. The second-order valence-corrected chi connectivity index (χ2v) is 9.44. The lowest BCUT2D eigenvalue weighted by Gasteiger charge is -2.32. The highest BCUT2D eigenvalue weighted by Gasteiger charge is 2.33. The Kier molecular flexibility index (Phi) is 11.2. The molecule has 186 valence electrons. The van der Waals surface area contributed by atoms with Crippen molar-refractivity contribution >= 4 is 5.97 Å². The van der Waals surface area contributed by atoms with E-state index in [2.05, 4.69) is 60.5 Å². The first kappa shape index (κ1) is 27.5. The summed E-state index contributed by atoms with van der Waals surface area (Å²) in [7, 11) is 0. The average molecular weight is 468 g/mol. The first-order chi connectivity index (χ1) is 16.3. The first-order valence-electron chi connectivity index (χ1n) is 12.5. The van der Waals surface area contributed by atoms with Gasteiger partial charge in [-0.1, -0.05) is 75.7 Å². The lowest BCUT2D eigenvalue weighted by molar-refractivity contribution is -0.146. The molecule has 1 aromatic carbocycles. The SMILES string of the molecule is C/C(=C\C=C/C(C)c1noc(-c2ccc(CC(C)C)cc2)n1)CNCC1CC(C(=O)O)C1.CC. The van der Waals surface area contributed by atoms with Crippen LogP contribution in [0.5, 0.6) is 0 Å². The van der Waals surface area contributed by atoms with Crippen LogP contribution in [0.1, 0.15) is 71.7 Å². The van der Waals surface area contributed by atoms with Gasteiger partial charge in [0.25, 0.3) is 5.89 Å². The van der Waals surface area contributed by atoms with Crippen LogP contribution in [0, 0.1) is 17.8 Å². The molecule has 0 spiro atoms. The molecule has 6 nitrogen and oxygen atoms in total. The van der Waals surface area contributed by atoms with Crippen molar-refractivity contribution in [2.45, 2.75) is 66.7 Å². The first-order valence-corrected chi connectivity index (χ1v) is 12.5. The fraction of sp³-hybridized carbons (Fsp3) is 0.536. The van der Waals surface area contributed by atoms with Crippen molar-refractivity contribution < 1.29 is 14.4 Å². The Bertz CT molecular complexity index is 938. The van der Waals surface area contributed by atoms with E-state index in [-0.39, 0.29) is 11.8 Å². The minimum absolute atomic E-state index is 0.0488. The Morgan fingerprint density at radius 2 is 1.88 bits per heavy atom. The van der Waals surface area contributed by atoms with E-state index in [0.29, 0.717) is 23.6 Å². The van der Waals surface area contributed by atoms with Gasteiger partial charge in [0.1, 0.15) is 0 Å². The molecule has 2 N–H and O–H groups in total. The highest BCUT2D eigenvalue weighted by molar-refractivity contribution is 5.71. The molecule has 1 atom stereocenters. The van der Waals surface area contributed by atoms with Gasteiger partial charge in [0.2, 0.25) is 0 Å². The Morgan fingerprint density at radius 1 is 1.21 bits per heavy atom. The van der Waals surface area contributed by atoms with E-state index in [9.17, 15) is 4.79 Å². The minimum atomic E-state index is -0.662. The molecule has 0 aliphatic heterocycles. The summed E-state index contributed by atoms with van der Waals surface area (Å²) in [5.41, 5.74) is 3.47. The number of benzene rings is 1. The highest BCUT2D eigenvalue weighted by Crippen LogP contribution is 2.33. The smallest absolute Gasteiger partial charge is 0.306 e. The van der Waals surface area contributed by atoms with Crippen LogP contribution in [-0.4, -0.2) is 34.3 Å². The van der Waals surface area contributed by atoms with Crippen molar-refractivity contribution in [2.75, 3.05) is 13.1 Å². The summed E-state index contributed by atoms with van der Waals surface area (Å²) in [6.07, 6.45) is 8.81. The van der Waals surface area contributed by atoms with Gasteiger partial charge in [-0.25, -0.2) is 0 Å². The molecule has 2 aromatic rings. The molecule has 1 fully saturated rings. The fourth-order valence-electron chi connectivity index (χ4n) is 3.90. The third-order valence-electron chi connectivity index (χ3n) is 5.90. The highest BCUT2D eigenvalue weighted by atomic mass is 16.5. The molecule has 0 bridgehead atoms. The number of rotatable bonds is 11. The number of aliphatic carboxylic acids is 1. The Morgan fingerprint density at radius 3 is 2.50 bits per heavy atom. The standard InChI is InChI=1S/C26H35N3O3.C2H6/c1-17(2)12-20-8-10-22(11-9-20)25-28-24(29-32-25)19(4)7-5-6-18(3)15-27-16-21-13-23(14-21)26(30)31;1-2/h5-11,17,19,21,23,27H,12-16H2,1-4H3,(H,30,31);1-2H3/b7-5-,18-6+;. The van der Waals surface area contributed by atoms with Gasteiger partial charge in [0, 0.05) is 18.0 Å². The largest absolute Gasteiger partial charge is 0.481 e. The number of nitrogens with zero attached hydrogens (tertiary/aromatic N) is 2. The summed E-state index contributed by atoms with van der Waals surface area (Å²) >= 11 is 0. The number of carboxylic acid groups (broad SMARTS) is 1. The van der Waals surface area contributed by atoms with E-state index in [1.165, 1.54) is 11.1 Å². The summed E-state index contributed by atoms with van der Waals surface area (Å²) in [6, 6.07) is 8.33. The van der Waals surface area contributed by atoms with Crippen LogP contribution < -0.4 is 5.32 Å². The summed E-state index contributed by atoms with van der Waals surface area (Å²) in [5, 5.41) is 16.5. The van der Waals surface area contributed by atoms with Crippen molar-refractivity contribution in [3.05, 3.63) is 59.5 Å². The number of aromatic nitrogens is 2. The summed E-state index contributed by atoms with van der Waals surface area (Å²) < 4.78 is 5.48. The zero-order chi connectivity index (χ0) is 25.1. The van der Waals surface area contributed by atoms with E-state index < -0.39 is 5.97 Å². The summed E-state index contributed by atoms with van der Waals surface area (Å²) in [4.78, 5) is 15.4. The van der Waals surface area contributed by atoms with Gasteiger partial charge in [0.15, 0.2) is 5.82 Å². The minimum Gasteiger partial charge on any atom is -0.481 e. The zero-order valence-corrected chi connectivity index (χ0v) is 21.5. The molecule has 34 heavy (non-hydrogen) atoms. The maximum absolute atomic E-state index is 10.9. The van der Waals surface area contributed by atoms with Crippen molar-refractivity contribution in [1.29, 1.82) is 0 Å². The molecule has 1 aliphatic carbocycles. The summed E-state index contributed by atoms with van der Waals surface area (Å²) in [6.45, 7) is 14.2. The molecular weight excluding hydrogens is 426 g/mol. The van der Waals surface area contributed by atoms with Gasteiger partial charge in [-0.3, -0.25) is 4.79 Å². The predicted octanol–water partition coefficient (Wildman–Crippen LogP) is 6.27. The van der Waals surface area contributed by atoms with Crippen LogP contribution in [-0.2, 0) is 11.2 Å². The van der Waals surface area contributed by atoms with Gasteiger partial charge in [-0.05, 0) is 62.3 Å². The van der Waals surface area contributed by atoms with Gasteiger partial charge in [-0.15, -0.1) is 0 Å². The molecular formula is C28H41N3O3. The maximum atomic E-state index is 10.9. The molecule has 1 saturated carbocycles. The van der Waals surface area contributed by atoms with Gasteiger partial charge in [0.05, 0.1) is 5.92 Å². The fourth-order valence-corrected chi connectivity index (χ4v) is 3.90. The monoisotopic (exact) mass is 467 g/mol. The number of allylic oxidation sites excluding steroid dienone is 3. The molecule has 0 saturated heterocycles. The van der Waals surface area contributed by atoms with Crippen LogP contribution >= 0.6 is 0 Å². The second kappa shape index (κ2) is 13.9. The maximum Gasteiger partial charge on any atom is 0.306 e. The summed E-state index contributed by atoms with van der Waals surface area (Å²) in [5.74, 6) is 1.58. The molecule has 1 unspecified atom stereocenters. The Balaban J connectivity index is 0.00000199. The third kappa shape index (κ3) is 8.56.